The van der Waals surface area contributed by atoms with Crippen LogP contribution in [0.3, 0.4) is 0 Å². The van der Waals surface area contributed by atoms with Crippen LogP contribution in [0.25, 0.3) is 0 Å². The number of hydrogen-bond donors (Lipinski definition) is 1. The fourth-order valence-electron chi connectivity index (χ4n) is 4.34. The lowest BCUT2D eigenvalue weighted by Gasteiger charge is -2.36. The molecule has 7 heteroatoms. The first-order valence-corrected chi connectivity index (χ1v) is 11.8. The van der Waals surface area contributed by atoms with Crippen molar-refractivity contribution < 1.29 is 13.9 Å². The summed E-state index contributed by atoms with van der Waals surface area (Å²) < 4.78 is 10.8. The van der Waals surface area contributed by atoms with Crippen LogP contribution in [0.1, 0.15) is 24.2 Å². The Morgan fingerprint density at radius 3 is 2.47 bits per heavy atom. The summed E-state index contributed by atoms with van der Waals surface area (Å²) in [6.45, 7) is 5.95. The van der Waals surface area contributed by atoms with E-state index in [4.69, 9.17) is 14.1 Å². The first kappa shape index (κ1) is 22.4. The molecule has 32 heavy (non-hydrogen) atoms. The van der Waals surface area contributed by atoms with E-state index in [1.54, 1.807) is 6.26 Å². The quantitative estimate of drug-likeness (QED) is 0.532. The molecule has 172 valence electrons. The zero-order valence-electron chi connectivity index (χ0n) is 18.7. The number of nitrogens with zero attached hydrogens (tertiary/aromatic N) is 3. The van der Waals surface area contributed by atoms with E-state index in [1.807, 2.05) is 23.1 Å². The summed E-state index contributed by atoms with van der Waals surface area (Å²) in [5, 5.41) is 3.56. The molecule has 1 amide bonds. The fourth-order valence-corrected chi connectivity index (χ4v) is 4.34. The van der Waals surface area contributed by atoms with Gasteiger partial charge < -0.3 is 24.3 Å². The molecule has 1 N–H and O–H groups in total. The van der Waals surface area contributed by atoms with Crippen molar-refractivity contribution in [2.24, 2.45) is 10.9 Å². The van der Waals surface area contributed by atoms with Crippen molar-refractivity contribution in [2.45, 2.75) is 25.7 Å². The van der Waals surface area contributed by atoms with Gasteiger partial charge in [0, 0.05) is 51.6 Å². The summed E-state index contributed by atoms with van der Waals surface area (Å²) in [6, 6.07) is 14.4. The molecule has 0 unspecified atom stereocenters. The molecule has 4 rings (SSSR count). The maximum atomic E-state index is 12.9. The Hall–Kier alpha value is -2.80. The summed E-state index contributed by atoms with van der Waals surface area (Å²) in [6.07, 6.45) is 5.17. The van der Waals surface area contributed by atoms with Crippen molar-refractivity contribution in [3.63, 3.8) is 0 Å². The summed E-state index contributed by atoms with van der Waals surface area (Å²) in [4.78, 5) is 22.0. The van der Waals surface area contributed by atoms with Crippen molar-refractivity contribution in [2.75, 3.05) is 52.5 Å². The van der Waals surface area contributed by atoms with E-state index in [2.05, 4.69) is 34.5 Å². The molecule has 0 saturated carbocycles. The molecule has 0 atom stereocenters. The molecule has 2 saturated heterocycles. The molecule has 1 aromatic carbocycles. The predicted molar refractivity (Wildman–Crippen MR) is 125 cm³/mol. The number of hydrogen-bond acceptors (Lipinski definition) is 4. The van der Waals surface area contributed by atoms with Crippen LogP contribution in [-0.4, -0.2) is 74.1 Å². The maximum absolute atomic E-state index is 12.9. The average molecular weight is 439 g/mol. The second-order valence-electron chi connectivity index (χ2n) is 8.40. The van der Waals surface area contributed by atoms with Gasteiger partial charge in [-0.1, -0.05) is 30.3 Å². The van der Waals surface area contributed by atoms with Crippen molar-refractivity contribution >= 4 is 11.9 Å². The Morgan fingerprint density at radius 1 is 0.969 bits per heavy atom. The number of guanidine groups is 1. The normalized spacial score (nSPS) is 18.1. The van der Waals surface area contributed by atoms with Gasteiger partial charge in [0.05, 0.1) is 19.5 Å². The molecular weight excluding hydrogens is 404 g/mol. The number of likely N-dealkylation sites (tertiary alicyclic amines) is 1. The van der Waals surface area contributed by atoms with Gasteiger partial charge in [-0.25, -0.2) is 0 Å². The number of ether oxygens (including phenoxy) is 1. The van der Waals surface area contributed by atoms with Gasteiger partial charge in [-0.3, -0.25) is 9.79 Å². The van der Waals surface area contributed by atoms with Gasteiger partial charge in [0.2, 0.25) is 5.91 Å². The van der Waals surface area contributed by atoms with Crippen LogP contribution in [0.4, 0.5) is 0 Å². The number of amides is 1. The molecule has 0 spiro atoms. The fraction of sp³-hybridized carbons (Fsp3) is 0.520. The molecule has 0 radical (unpaired) electrons. The van der Waals surface area contributed by atoms with E-state index in [0.29, 0.717) is 25.7 Å². The number of aliphatic imine (C=N–C) groups is 1. The van der Waals surface area contributed by atoms with Crippen LogP contribution in [0.5, 0.6) is 0 Å². The van der Waals surface area contributed by atoms with E-state index in [-0.39, 0.29) is 5.92 Å². The van der Waals surface area contributed by atoms with Crippen LogP contribution >= 0.6 is 0 Å². The number of furan rings is 1. The molecule has 2 fully saturated rings. The zero-order chi connectivity index (χ0) is 22.0. The predicted octanol–water partition coefficient (Wildman–Crippen LogP) is 2.58. The third-order valence-electron chi connectivity index (χ3n) is 6.21. The SMILES string of the molecule is O=C(C1CCN(C(=NCCc2ccco2)NCCc2ccccc2)CC1)N1CCOCC1. The molecular formula is C25H34N4O3. The number of rotatable bonds is 7. The van der Waals surface area contributed by atoms with Crippen LogP contribution < -0.4 is 5.32 Å². The highest BCUT2D eigenvalue weighted by Gasteiger charge is 2.30. The average Bonchev–Trinajstić information content (AvgIpc) is 3.38. The first-order valence-electron chi connectivity index (χ1n) is 11.8. The topological polar surface area (TPSA) is 70.3 Å². The van der Waals surface area contributed by atoms with Crippen molar-refractivity contribution in [1.82, 2.24) is 15.1 Å². The Bertz CT molecular complexity index is 839. The Labute approximate surface area is 190 Å². The highest BCUT2D eigenvalue weighted by atomic mass is 16.5. The molecule has 7 nitrogen and oxygen atoms in total. The Kier molecular flexibility index (Phi) is 8.20. The van der Waals surface area contributed by atoms with E-state index >= 15 is 0 Å². The lowest BCUT2D eigenvalue weighted by molar-refractivity contribution is -0.140. The van der Waals surface area contributed by atoms with Gasteiger partial charge in [0.15, 0.2) is 5.96 Å². The minimum Gasteiger partial charge on any atom is -0.469 e. The summed E-state index contributed by atoms with van der Waals surface area (Å²) in [7, 11) is 0. The second kappa shape index (κ2) is 11.7. The smallest absolute Gasteiger partial charge is 0.225 e. The highest BCUT2D eigenvalue weighted by molar-refractivity contribution is 5.82. The second-order valence-corrected chi connectivity index (χ2v) is 8.40. The van der Waals surface area contributed by atoms with Gasteiger partial charge in [-0.15, -0.1) is 0 Å². The number of benzene rings is 1. The molecule has 0 bridgehead atoms. The van der Waals surface area contributed by atoms with Crippen LogP contribution in [0.2, 0.25) is 0 Å². The third kappa shape index (κ3) is 6.36. The van der Waals surface area contributed by atoms with Gasteiger partial charge in [-0.2, -0.15) is 0 Å². The maximum Gasteiger partial charge on any atom is 0.225 e. The minimum absolute atomic E-state index is 0.109. The van der Waals surface area contributed by atoms with Gasteiger partial charge in [0.25, 0.3) is 0 Å². The van der Waals surface area contributed by atoms with Gasteiger partial charge >= 0.3 is 0 Å². The van der Waals surface area contributed by atoms with Gasteiger partial charge in [-0.05, 0) is 37.0 Å². The number of piperidine rings is 1. The number of carbonyl (C=O) groups is 1. The molecule has 0 aliphatic carbocycles. The summed E-state index contributed by atoms with van der Waals surface area (Å²) >= 11 is 0. The Balaban J connectivity index is 1.31. The highest BCUT2D eigenvalue weighted by Crippen LogP contribution is 2.20. The number of nitrogens with one attached hydrogen (secondary N) is 1. The van der Waals surface area contributed by atoms with Crippen LogP contribution in [0, 0.1) is 5.92 Å². The van der Waals surface area contributed by atoms with Gasteiger partial charge in [0.1, 0.15) is 5.76 Å². The summed E-state index contributed by atoms with van der Waals surface area (Å²) in [5.41, 5.74) is 1.31. The standard InChI is InChI=1S/C25H34N4O3/c30-24(28-16-19-31-20-17-28)22-10-14-29(15-11-22)25(27-13-9-23-7-4-18-32-23)26-12-8-21-5-2-1-3-6-21/h1-7,18,22H,8-17,19-20H2,(H,26,27). The van der Waals surface area contributed by atoms with E-state index < -0.39 is 0 Å². The molecule has 2 aromatic rings. The summed E-state index contributed by atoms with van der Waals surface area (Å²) in [5.74, 6) is 2.29. The van der Waals surface area contributed by atoms with Crippen molar-refractivity contribution in [3.8, 4) is 0 Å². The molecule has 2 aliphatic heterocycles. The zero-order valence-corrected chi connectivity index (χ0v) is 18.7. The molecule has 1 aromatic heterocycles. The lowest BCUT2D eigenvalue weighted by atomic mass is 9.95. The van der Waals surface area contributed by atoms with E-state index in [1.165, 1.54) is 5.56 Å². The largest absolute Gasteiger partial charge is 0.469 e. The van der Waals surface area contributed by atoms with E-state index in [0.717, 1.165) is 70.1 Å². The Morgan fingerprint density at radius 2 is 1.75 bits per heavy atom. The third-order valence-corrected chi connectivity index (χ3v) is 6.21. The monoisotopic (exact) mass is 438 g/mol. The molecule has 3 heterocycles. The van der Waals surface area contributed by atoms with E-state index in [9.17, 15) is 4.79 Å². The first-order chi connectivity index (χ1) is 15.8. The minimum atomic E-state index is 0.109. The van der Waals surface area contributed by atoms with Crippen molar-refractivity contribution in [1.29, 1.82) is 0 Å². The van der Waals surface area contributed by atoms with Crippen LogP contribution in [0.15, 0.2) is 58.1 Å². The van der Waals surface area contributed by atoms with Crippen LogP contribution in [-0.2, 0) is 22.4 Å². The van der Waals surface area contributed by atoms with Crippen molar-refractivity contribution in [3.05, 3.63) is 60.1 Å². The number of morpholine rings is 1. The molecule has 2 aliphatic rings. The number of carbonyl (C=O) groups excluding carboxylic acids is 1. The lowest BCUT2D eigenvalue weighted by Crippen LogP contribution is -2.50.